The Morgan fingerprint density at radius 3 is 1.26 bits per heavy atom. The van der Waals surface area contributed by atoms with Gasteiger partial charge >= 0.3 is 0 Å². The molecule has 0 unspecified atom stereocenters. The number of aromatic nitrogens is 4. The van der Waals surface area contributed by atoms with E-state index in [1.807, 2.05) is 81.5 Å². The van der Waals surface area contributed by atoms with Crippen molar-refractivity contribution < 1.29 is 0 Å². The van der Waals surface area contributed by atoms with E-state index in [9.17, 15) is 0 Å². The minimum absolute atomic E-state index is 1.00. The Morgan fingerprint density at radius 1 is 0.381 bits per heavy atom. The first-order valence-electron chi connectivity index (χ1n) is 15.7. The molecule has 0 aliphatic rings. The first-order valence-corrected chi connectivity index (χ1v) is 15.7. The van der Waals surface area contributed by atoms with Gasteiger partial charge in [0.15, 0.2) is 0 Å². The van der Waals surface area contributed by atoms with Crippen LogP contribution in [-0.4, -0.2) is 19.3 Å². The molecule has 3 aromatic heterocycles. The molecule has 0 saturated carbocycles. The van der Waals surface area contributed by atoms with Crippen LogP contribution in [0, 0.1) is 0 Å². The third kappa shape index (κ3) is 6.23. The fraction of sp³-hybridized carbons (Fsp3) is 0.263. The molecular weight excluding hydrogens is 512 g/mol. The molecule has 7 rings (SSSR count). The Morgan fingerprint density at radius 2 is 0.810 bits per heavy atom. The summed E-state index contributed by atoms with van der Waals surface area (Å²) in [5.41, 5.74) is 6.89. The normalized spacial score (nSPS) is 9.67. The number of fused-ring (bicyclic) bond motifs is 7. The first kappa shape index (κ1) is 33.8. The van der Waals surface area contributed by atoms with Crippen LogP contribution in [0.15, 0.2) is 109 Å². The zero-order valence-electron chi connectivity index (χ0n) is 27.2. The van der Waals surface area contributed by atoms with Crippen molar-refractivity contribution in [2.75, 3.05) is 0 Å². The third-order valence-electron chi connectivity index (χ3n) is 6.31. The molecular formula is C38H48N4. The van der Waals surface area contributed by atoms with Crippen molar-refractivity contribution in [3.05, 3.63) is 109 Å². The van der Waals surface area contributed by atoms with Gasteiger partial charge in [-0.3, -0.25) is 0 Å². The summed E-state index contributed by atoms with van der Waals surface area (Å²) >= 11 is 0. The Kier molecular flexibility index (Phi) is 14.0. The van der Waals surface area contributed by atoms with Gasteiger partial charge < -0.3 is 9.13 Å². The van der Waals surface area contributed by atoms with Gasteiger partial charge in [-0.25, -0.2) is 0 Å². The van der Waals surface area contributed by atoms with Crippen LogP contribution in [0.25, 0.3) is 55.0 Å². The van der Waals surface area contributed by atoms with Crippen molar-refractivity contribution in [1.29, 1.82) is 0 Å². The van der Waals surface area contributed by atoms with Crippen LogP contribution >= 0.6 is 0 Å². The maximum atomic E-state index is 4.18. The van der Waals surface area contributed by atoms with Gasteiger partial charge in [-0.15, -0.1) is 0 Å². The topological polar surface area (TPSA) is 35.6 Å². The number of hydrogen-bond donors (Lipinski definition) is 0. The molecule has 0 amide bonds. The lowest BCUT2D eigenvalue weighted by atomic mass is 10.1. The van der Waals surface area contributed by atoms with E-state index in [0.717, 1.165) is 16.9 Å². The predicted molar refractivity (Wildman–Crippen MR) is 187 cm³/mol. The lowest BCUT2D eigenvalue weighted by Crippen LogP contribution is -1.99. The number of nitrogens with zero attached hydrogens (tertiary/aromatic N) is 4. The summed E-state index contributed by atoms with van der Waals surface area (Å²) in [6.07, 6.45) is 3.59. The van der Waals surface area contributed by atoms with Crippen LogP contribution in [0.5, 0.6) is 0 Å². The van der Waals surface area contributed by atoms with Gasteiger partial charge in [-0.05, 0) is 30.3 Å². The Hall–Kier alpha value is -4.44. The van der Waals surface area contributed by atoms with Gasteiger partial charge in [0.1, 0.15) is 0 Å². The predicted octanol–water partition coefficient (Wildman–Crippen LogP) is 11.8. The molecule has 4 heteroatoms. The molecule has 0 fully saturated rings. The van der Waals surface area contributed by atoms with Gasteiger partial charge in [0.2, 0.25) is 0 Å². The van der Waals surface area contributed by atoms with Crippen molar-refractivity contribution in [3.63, 3.8) is 0 Å². The lowest BCUT2D eigenvalue weighted by molar-refractivity contribution is 0.999. The molecule has 3 heterocycles. The fourth-order valence-corrected chi connectivity index (χ4v) is 5.03. The van der Waals surface area contributed by atoms with Crippen molar-refractivity contribution in [1.82, 2.24) is 19.3 Å². The van der Waals surface area contributed by atoms with Crippen LogP contribution in [0.3, 0.4) is 0 Å². The average Bonchev–Trinajstić information content (AvgIpc) is 3.63. The number of benzene rings is 4. The maximum Gasteiger partial charge on any atom is 0.0789 e. The smallest absolute Gasteiger partial charge is 0.0789 e. The minimum atomic E-state index is 1.00. The van der Waals surface area contributed by atoms with E-state index in [1.54, 1.807) is 6.20 Å². The summed E-state index contributed by atoms with van der Waals surface area (Å²) in [7, 11) is 0. The van der Waals surface area contributed by atoms with E-state index < -0.39 is 0 Å². The van der Waals surface area contributed by atoms with E-state index in [1.165, 1.54) is 38.1 Å². The van der Waals surface area contributed by atoms with E-state index in [-0.39, 0.29) is 0 Å². The van der Waals surface area contributed by atoms with Gasteiger partial charge in [0, 0.05) is 27.2 Å². The summed E-state index contributed by atoms with van der Waals surface area (Å²) in [6.45, 7) is 20.0. The summed E-state index contributed by atoms with van der Waals surface area (Å²) in [4.78, 5) is 0. The minimum Gasteiger partial charge on any atom is -0.307 e. The molecule has 4 aromatic carbocycles. The molecule has 4 nitrogen and oxygen atoms in total. The standard InChI is InChI=1S/C28H18N4.5C2H6/c1-2-8-19(9-3-1)31-25-12-6-4-10-21(25)23-14-15-24-22-11-5-7-13-26(22)32(28(24)27(23)31)20-16-17-29-30-18-20;5*1-2/h1-18H;5*1-2H3. The summed E-state index contributed by atoms with van der Waals surface area (Å²) in [5.74, 6) is 0. The molecule has 0 aliphatic carbocycles. The van der Waals surface area contributed by atoms with Crippen molar-refractivity contribution in [3.8, 4) is 11.4 Å². The highest BCUT2D eigenvalue weighted by molar-refractivity contribution is 6.23. The van der Waals surface area contributed by atoms with Crippen molar-refractivity contribution >= 4 is 43.6 Å². The molecule has 42 heavy (non-hydrogen) atoms. The zero-order valence-corrected chi connectivity index (χ0v) is 27.2. The molecule has 0 atom stereocenters. The lowest BCUT2D eigenvalue weighted by Gasteiger charge is -2.11. The highest BCUT2D eigenvalue weighted by Gasteiger charge is 2.20. The first-order chi connectivity index (χ1) is 20.9. The highest BCUT2D eigenvalue weighted by Crippen LogP contribution is 2.41. The maximum absolute atomic E-state index is 4.18. The SMILES string of the molecule is CC.CC.CC.CC.CC.c1ccc(-n2c3ccccc3c3ccc4c5ccccc5n(-c5ccnnc5)c4c32)cc1. The van der Waals surface area contributed by atoms with Crippen LogP contribution in [0.1, 0.15) is 69.2 Å². The van der Waals surface area contributed by atoms with Gasteiger partial charge in [-0.1, -0.05) is 136 Å². The molecule has 0 saturated heterocycles. The number of rotatable bonds is 2. The fourth-order valence-electron chi connectivity index (χ4n) is 5.03. The zero-order chi connectivity index (χ0) is 31.1. The molecule has 0 aliphatic heterocycles. The Labute approximate surface area is 252 Å². The molecule has 0 radical (unpaired) electrons. The number of para-hydroxylation sites is 3. The van der Waals surface area contributed by atoms with Gasteiger partial charge in [0.05, 0.1) is 40.1 Å². The Bertz CT molecular complexity index is 1630. The molecule has 220 valence electrons. The number of hydrogen-bond acceptors (Lipinski definition) is 2. The third-order valence-corrected chi connectivity index (χ3v) is 6.31. The summed E-state index contributed by atoms with van der Waals surface area (Å²) in [6, 6.07) is 34.4. The van der Waals surface area contributed by atoms with Gasteiger partial charge in [0.25, 0.3) is 0 Å². The monoisotopic (exact) mass is 560 g/mol. The second kappa shape index (κ2) is 17.4. The largest absolute Gasteiger partial charge is 0.307 e. The second-order valence-corrected chi connectivity index (χ2v) is 8.00. The van der Waals surface area contributed by atoms with Crippen molar-refractivity contribution in [2.24, 2.45) is 0 Å². The summed E-state index contributed by atoms with van der Waals surface area (Å²) < 4.78 is 4.71. The molecule has 7 aromatic rings. The second-order valence-electron chi connectivity index (χ2n) is 8.00. The van der Waals surface area contributed by atoms with Crippen LogP contribution < -0.4 is 0 Å². The molecule has 0 bridgehead atoms. The average molecular weight is 561 g/mol. The highest BCUT2D eigenvalue weighted by atomic mass is 15.1. The van der Waals surface area contributed by atoms with Crippen LogP contribution in [0.4, 0.5) is 0 Å². The van der Waals surface area contributed by atoms with E-state index in [2.05, 4.69) is 110 Å². The summed E-state index contributed by atoms with van der Waals surface area (Å²) in [5, 5.41) is 13.1. The van der Waals surface area contributed by atoms with Crippen LogP contribution in [-0.2, 0) is 0 Å². The van der Waals surface area contributed by atoms with E-state index >= 15 is 0 Å². The Balaban J connectivity index is 0.000000563. The van der Waals surface area contributed by atoms with Gasteiger partial charge in [-0.2, -0.15) is 10.2 Å². The van der Waals surface area contributed by atoms with Crippen LogP contribution in [0.2, 0.25) is 0 Å². The molecule has 0 N–H and O–H groups in total. The molecule has 0 spiro atoms. The van der Waals surface area contributed by atoms with E-state index in [4.69, 9.17) is 0 Å². The van der Waals surface area contributed by atoms with E-state index in [0.29, 0.717) is 0 Å². The van der Waals surface area contributed by atoms with Crippen molar-refractivity contribution in [2.45, 2.75) is 69.2 Å². The quantitative estimate of drug-likeness (QED) is 0.211.